The Morgan fingerprint density at radius 3 is 2.75 bits per heavy atom. The molecule has 0 radical (unpaired) electrons. The number of nitrogens with one attached hydrogen (secondary N) is 1. The maximum Gasteiger partial charge on any atom is 0.243 e. The fraction of sp³-hybridized carbons (Fsp3) is 0.154. The molecule has 2 aromatic rings. The molecule has 0 atom stereocenters. The largest absolute Gasteiger partial charge is 0.399 e. The highest BCUT2D eigenvalue weighted by atomic mass is 32.2. The molecule has 5 nitrogen and oxygen atoms in total. The number of anilines is 1. The minimum Gasteiger partial charge on any atom is -0.399 e. The predicted molar refractivity (Wildman–Crippen MR) is 73.9 cm³/mol. The molecule has 0 fully saturated rings. The Labute approximate surface area is 116 Å². The van der Waals surface area contributed by atoms with Gasteiger partial charge in [-0.15, -0.1) is 0 Å². The molecule has 1 heterocycles. The lowest BCUT2D eigenvalue weighted by Gasteiger charge is -2.08. The van der Waals surface area contributed by atoms with Gasteiger partial charge in [0.25, 0.3) is 0 Å². The normalized spacial score (nSPS) is 11.4. The molecule has 7 heteroatoms. The maximum atomic E-state index is 13.6. The van der Waals surface area contributed by atoms with Gasteiger partial charge in [-0.2, -0.15) is 0 Å². The van der Waals surface area contributed by atoms with Gasteiger partial charge in [0.15, 0.2) is 0 Å². The molecule has 0 unspecified atom stereocenters. The van der Waals surface area contributed by atoms with Crippen molar-refractivity contribution in [2.24, 2.45) is 0 Å². The van der Waals surface area contributed by atoms with Crippen LogP contribution in [0.3, 0.4) is 0 Å². The molecule has 106 valence electrons. The first-order valence-electron chi connectivity index (χ1n) is 5.92. The Kier molecular flexibility index (Phi) is 4.31. The van der Waals surface area contributed by atoms with Crippen LogP contribution < -0.4 is 10.5 Å². The highest BCUT2D eigenvalue weighted by molar-refractivity contribution is 7.89. The summed E-state index contributed by atoms with van der Waals surface area (Å²) in [5, 5.41) is 0. The molecule has 0 saturated carbocycles. The summed E-state index contributed by atoms with van der Waals surface area (Å²) in [7, 11) is -3.88. The van der Waals surface area contributed by atoms with Crippen molar-refractivity contribution in [3.05, 3.63) is 54.1 Å². The number of hydrogen-bond acceptors (Lipinski definition) is 4. The number of pyridine rings is 1. The first kappa shape index (κ1) is 14.4. The Morgan fingerprint density at radius 1 is 1.30 bits per heavy atom. The van der Waals surface area contributed by atoms with Gasteiger partial charge in [0.2, 0.25) is 10.0 Å². The Hall–Kier alpha value is -1.99. The van der Waals surface area contributed by atoms with Crippen LogP contribution in [0, 0.1) is 5.82 Å². The summed E-state index contributed by atoms with van der Waals surface area (Å²) < 4.78 is 39.8. The van der Waals surface area contributed by atoms with E-state index in [1.54, 1.807) is 18.5 Å². The molecule has 0 aliphatic carbocycles. The van der Waals surface area contributed by atoms with Crippen molar-refractivity contribution in [1.29, 1.82) is 0 Å². The molecule has 0 aliphatic rings. The van der Waals surface area contributed by atoms with Crippen LogP contribution in [0.15, 0.2) is 47.6 Å². The zero-order valence-corrected chi connectivity index (χ0v) is 11.4. The van der Waals surface area contributed by atoms with Crippen LogP contribution in [0.2, 0.25) is 0 Å². The van der Waals surface area contributed by atoms with Crippen LogP contribution in [0.5, 0.6) is 0 Å². The quantitative estimate of drug-likeness (QED) is 0.815. The highest BCUT2D eigenvalue weighted by Gasteiger charge is 2.18. The number of nitrogens with zero attached hydrogens (tertiary/aromatic N) is 1. The van der Waals surface area contributed by atoms with Crippen molar-refractivity contribution in [2.75, 3.05) is 12.3 Å². The Bertz CT molecular complexity index is 690. The average Bonchev–Trinajstić information content (AvgIpc) is 2.39. The fourth-order valence-electron chi connectivity index (χ4n) is 1.69. The lowest BCUT2D eigenvalue weighted by molar-refractivity contribution is 0.557. The predicted octanol–water partition coefficient (Wildman–Crippen LogP) is 1.32. The van der Waals surface area contributed by atoms with E-state index in [0.29, 0.717) is 6.42 Å². The van der Waals surface area contributed by atoms with E-state index in [0.717, 1.165) is 17.7 Å². The molecule has 3 N–H and O–H groups in total. The second-order valence-corrected chi connectivity index (χ2v) is 5.93. The van der Waals surface area contributed by atoms with E-state index in [1.165, 1.54) is 6.07 Å². The van der Waals surface area contributed by atoms with Crippen molar-refractivity contribution < 1.29 is 12.8 Å². The number of nitrogen functional groups attached to an aromatic ring is 1. The summed E-state index contributed by atoms with van der Waals surface area (Å²) in [5.41, 5.74) is 6.46. The number of nitrogens with two attached hydrogens (primary N) is 1. The summed E-state index contributed by atoms with van der Waals surface area (Å²) in [4.78, 5) is 3.53. The summed E-state index contributed by atoms with van der Waals surface area (Å²) in [6.07, 6.45) is 3.76. The van der Waals surface area contributed by atoms with Crippen LogP contribution in [-0.4, -0.2) is 19.9 Å². The Balaban J connectivity index is 2.04. The van der Waals surface area contributed by atoms with E-state index >= 15 is 0 Å². The number of rotatable bonds is 5. The van der Waals surface area contributed by atoms with Crippen molar-refractivity contribution in [2.45, 2.75) is 11.3 Å². The third-order valence-corrected chi connectivity index (χ3v) is 4.17. The second kappa shape index (κ2) is 5.98. The first-order chi connectivity index (χ1) is 9.49. The van der Waals surface area contributed by atoms with E-state index in [1.807, 2.05) is 6.07 Å². The first-order valence-corrected chi connectivity index (χ1v) is 7.41. The van der Waals surface area contributed by atoms with Crippen molar-refractivity contribution >= 4 is 15.7 Å². The third kappa shape index (κ3) is 3.52. The van der Waals surface area contributed by atoms with E-state index < -0.39 is 20.7 Å². The number of hydrogen-bond donors (Lipinski definition) is 2. The number of benzene rings is 1. The van der Waals surface area contributed by atoms with Gasteiger partial charge in [0, 0.05) is 24.6 Å². The van der Waals surface area contributed by atoms with Crippen molar-refractivity contribution in [1.82, 2.24) is 9.71 Å². The SMILES string of the molecule is Nc1ccc(S(=O)(=O)NCCc2cccnc2)c(F)c1. The summed E-state index contributed by atoms with van der Waals surface area (Å²) >= 11 is 0. The van der Waals surface area contributed by atoms with Gasteiger partial charge in [0.05, 0.1) is 0 Å². The molecule has 1 aromatic heterocycles. The summed E-state index contributed by atoms with van der Waals surface area (Å²) in [6, 6.07) is 7.08. The lowest BCUT2D eigenvalue weighted by atomic mass is 10.2. The zero-order valence-electron chi connectivity index (χ0n) is 10.6. The van der Waals surface area contributed by atoms with Crippen LogP contribution in [0.1, 0.15) is 5.56 Å². The average molecular weight is 295 g/mol. The molecular formula is C13H14FN3O2S. The molecule has 1 aromatic carbocycles. The van der Waals surface area contributed by atoms with Crippen LogP contribution in [0.25, 0.3) is 0 Å². The molecule has 20 heavy (non-hydrogen) atoms. The summed E-state index contributed by atoms with van der Waals surface area (Å²) in [6.45, 7) is 0.165. The Morgan fingerprint density at radius 2 is 2.10 bits per heavy atom. The van der Waals surface area contributed by atoms with Gasteiger partial charge in [0.1, 0.15) is 10.7 Å². The standard InChI is InChI=1S/C13H14FN3O2S/c14-12-8-11(15)3-4-13(12)20(18,19)17-7-5-10-2-1-6-16-9-10/h1-4,6,8-9,17H,5,7,15H2. The fourth-order valence-corrected chi connectivity index (χ4v) is 2.78. The number of halogens is 1. The summed E-state index contributed by atoms with van der Waals surface area (Å²) in [5.74, 6) is -0.862. The zero-order chi connectivity index (χ0) is 14.6. The van der Waals surface area contributed by atoms with Crippen molar-refractivity contribution in [3.63, 3.8) is 0 Å². The number of sulfonamides is 1. The molecule has 0 saturated heterocycles. The molecule has 0 aliphatic heterocycles. The topological polar surface area (TPSA) is 85.1 Å². The van der Waals surface area contributed by atoms with E-state index in [2.05, 4.69) is 9.71 Å². The molecule has 0 bridgehead atoms. The van der Waals surface area contributed by atoms with Gasteiger partial charge in [-0.3, -0.25) is 4.98 Å². The van der Waals surface area contributed by atoms with Gasteiger partial charge in [-0.25, -0.2) is 17.5 Å². The highest BCUT2D eigenvalue weighted by Crippen LogP contribution is 2.16. The monoisotopic (exact) mass is 295 g/mol. The molecule has 0 amide bonds. The number of aromatic nitrogens is 1. The minimum absolute atomic E-state index is 0.165. The van der Waals surface area contributed by atoms with Crippen LogP contribution in [0.4, 0.5) is 10.1 Å². The van der Waals surface area contributed by atoms with E-state index in [-0.39, 0.29) is 12.2 Å². The minimum atomic E-state index is -3.88. The van der Waals surface area contributed by atoms with Crippen molar-refractivity contribution in [3.8, 4) is 0 Å². The van der Waals surface area contributed by atoms with E-state index in [4.69, 9.17) is 5.73 Å². The van der Waals surface area contributed by atoms with E-state index in [9.17, 15) is 12.8 Å². The van der Waals surface area contributed by atoms with Gasteiger partial charge >= 0.3 is 0 Å². The van der Waals surface area contributed by atoms with Crippen LogP contribution in [-0.2, 0) is 16.4 Å². The van der Waals surface area contributed by atoms with Gasteiger partial charge in [-0.1, -0.05) is 6.07 Å². The van der Waals surface area contributed by atoms with Gasteiger partial charge in [-0.05, 0) is 36.2 Å². The molecular weight excluding hydrogens is 281 g/mol. The molecule has 0 spiro atoms. The lowest BCUT2D eigenvalue weighted by Crippen LogP contribution is -2.26. The smallest absolute Gasteiger partial charge is 0.243 e. The second-order valence-electron chi connectivity index (χ2n) is 4.20. The third-order valence-electron chi connectivity index (χ3n) is 2.67. The van der Waals surface area contributed by atoms with Crippen LogP contribution >= 0.6 is 0 Å². The molecule has 2 rings (SSSR count). The maximum absolute atomic E-state index is 13.6. The van der Waals surface area contributed by atoms with Gasteiger partial charge < -0.3 is 5.73 Å².